The first kappa shape index (κ1) is 22.4. The lowest BCUT2D eigenvalue weighted by Crippen LogP contribution is -2.23. The molecule has 1 N–H and O–H groups in total. The second kappa shape index (κ2) is 9.01. The van der Waals surface area contributed by atoms with Gasteiger partial charge in [-0.15, -0.1) is 10.2 Å². The van der Waals surface area contributed by atoms with Crippen molar-refractivity contribution in [2.24, 2.45) is 0 Å². The highest BCUT2D eigenvalue weighted by Gasteiger charge is 2.23. The number of hydrogen-bond donors (Lipinski definition) is 1. The molecule has 0 aliphatic carbocycles. The van der Waals surface area contributed by atoms with Gasteiger partial charge in [-0.2, -0.15) is 0 Å². The highest BCUT2D eigenvalue weighted by Crippen LogP contribution is 2.30. The minimum absolute atomic E-state index is 0.0572. The Morgan fingerprint density at radius 2 is 1.88 bits per heavy atom. The summed E-state index contributed by atoms with van der Waals surface area (Å²) >= 11 is 6.11. The van der Waals surface area contributed by atoms with Crippen molar-refractivity contribution in [1.29, 1.82) is 0 Å². The maximum atomic E-state index is 13.0. The van der Waals surface area contributed by atoms with Gasteiger partial charge in [0.25, 0.3) is 5.91 Å². The van der Waals surface area contributed by atoms with Crippen LogP contribution in [0.2, 0.25) is 5.02 Å². The lowest BCUT2D eigenvalue weighted by molar-refractivity contribution is 0.102. The molecule has 3 aromatic rings. The maximum Gasteiger partial charge on any atom is 0.255 e. The van der Waals surface area contributed by atoms with Crippen LogP contribution in [0.1, 0.15) is 35.4 Å². The molecule has 0 fully saturated rings. The van der Waals surface area contributed by atoms with Crippen molar-refractivity contribution in [1.82, 2.24) is 19.1 Å². The number of aryl methyl sites for hydroxylation is 1. The Bertz CT molecular complexity index is 1270. The average Bonchev–Trinajstić information content (AvgIpc) is 3.01. The molecule has 0 bridgehead atoms. The van der Waals surface area contributed by atoms with Gasteiger partial charge in [0.15, 0.2) is 5.82 Å². The number of sulfonamides is 1. The number of halogens is 1. The van der Waals surface area contributed by atoms with Gasteiger partial charge < -0.3 is 9.88 Å². The summed E-state index contributed by atoms with van der Waals surface area (Å²) in [5, 5.41) is 11.7. The molecular formula is C22H24ClN5O3S. The fraction of sp³-hybridized carbons (Fsp3) is 0.318. The van der Waals surface area contributed by atoms with E-state index in [4.69, 9.17) is 11.6 Å². The largest absolute Gasteiger partial charge is 0.321 e. The molecule has 0 radical (unpaired) electrons. The summed E-state index contributed by atoms with van der Waals surface area (Å²) in [5.41, 5.74) is 1.52. The van der Waals surface area contributed by atoms with Gasteiger partial charge >= 0.3 is 0 Å². The fourth-order valence-electron chi connectivity index (χ4n) is 3.70. The standard InChI is InChI=1S/C22H24ClN5O3S/c1-27(2)32(30,31)19-14-15(11-12-17(19)23)22(29)24-18-9-6-5-8-16(18)21-26-25-20-10-4-3-7-13-28(20)21/h5-6,8-9,11-12,14H,3-4,7,10,13H2,1-2H3,(H,24,29). The number of carbonyl (C=O) groups is 1. The summed E-state index contributed by atoms with van der Waals surface area (Å²) in [6, 6.07) is 11.6. The molecule has 0 saturated carbocycles. The number of rotatable bonds is 5. The first-order valence-corrected chi connectivity index (χ1v) is 12.2. The molecule has 0 spiro atoms. The molecule has 1 amide bonds. The van der Waals surface area contributed by atoms with Crippen LogP contribution in [0.4, 0.5) is 5.69 Å². The number of carbonyl (C=O) groups excluding carboxylic acids is 1. The first-order valence-electron chi connectivity index (χ1n) is 10.3. The van der Waals surface area contributed by atoms with E-state index in [0.29, 0.717) is 11.5 Å². The molecule has 10 heteroatoms. The van der Waals surface area contributed by atoms with Crippen LogP contribution >= 0.6 is 11.6 Å². The zero-order valence-corrected chi connectivity index (χ0v) is 19.4. The normalized spacial score (nSPS) is 14.1. The number of anilines is 1. The van der Waals surface area contributed by atoms with Gasteiger partial charge in [-0.3, -0.25) is 4.79 Å². The van der Waals surface area contributed by atoms with Crippen molar-refractivity contribution in [2.75, 3.05) is 19.4 Å². The van der Waals surface area contributed by atoms with Gasteiger partial charge in [-0.05, 0) is 43.2 Å². The van der Waals surface area contributed by atoms with E-state index < -0.39 is 15.9 Å². The summed E-state index contributed by atoms with van der Waals surface area (Å²) in [6.07, 6.45) is 4.18. The van der Waals surface area contributed by atoms with Crippen LogP contribution < -0.4 is 5.32 Å². The van der Waals surface area contributed by atoms with E-state index in [-0.39, 0.29) is 15.5 Å². The minimum atomic E-state index is -3.79. The lowest BCUT2D eigenvalue weighted by atomic mass is 10.1. The van der Waals surface area contributed by atoms with Crippen molar-refractivity contribution in [3.05, 3.63) is 58.9 Å². The first-order chi connectivity index (χ1) is 15.3. The number of nitrogens with one attached hydrogen (secondary N) is 1. The monoisotopic (exact) mass is 473 g/mol. The zero-order valence-electron chi connectivity index (χ0n) is 17.9. The Kier molecular flexibility index (Phi) is 6.32. The van der Waals surface area contributed by atoms with E-state index >= 15 is 0 Å². The second-order valence-corrected chi connectivity index (χ2v) is 10.4. The molecule has 32 heavy (non-hydrogen) atoms. The van der Waals surface area contributed by atoms with Crippen LogP contribution in [0.3, 0.4) is 0 Å². The quantitative estimate of drug-likeness (QED) is 0.607. The minimum Gasteiger partial charge on any atom is -0.321 e. The van der Waals surface area contributed by atoms with Crippen molar-refractivity contribution < 1.29 is 13.2 Å². The molecule has 1 aliphatic heterocycles. The third-order valence-electron chi connectivity index (χ3n) is 5.48. The Morgan fingerprint density at radius 3 is 2.66 bits per heavy atom. The number of aromatic nitrogens is 3. The Labute approximate surface area is 192 Å². The van der Waals surface area contributed by atoms with Crippen molar-refractivity contribution in [3.63, 3.8) is 0 Å². The van der Waals surface area contributed by atoms with Crippen LogP contribution in [0.5, 0.6) is 0 Å². The van der Waals surface area contributed by atoms with Crippen LogP contribution in [0.15, 0.2) is 47.4 Å². The fourth-order valence-corrected chi connectivity index (χ4v) is 5.10. The Hall–Kier alpha value is -2.75. The molecule has 4 rings (SSSR count). The number of hydrogen-bond acceptors (Lipinski definition) is 5. The second-order valence-electron chi connectivity index (χ2n) is 7.83. The van der Waals surface area contributed by atoms with Crippen LogP contribution in [-0.2, 0) is 23.0 Å². The topological polar surface area (TPSA) is 97.2 Å². The molecule has 8 nitrogen and oxygen atoms in total. The third kappa shape index (κ3) is 4.28. The molecule has 1 aromatic heterocycles. The summed E-state index contributed by atoms with van der Waals surface area (Å²) in [5.74, 6) is 1.22. The van der Waals surface area contributed by atoms with Crippen molar-refractivity contribution in [2.45, 2.75) is 37.1 Å². The highest BCUT2D eigenvalue weighted by atomic mass is 35.5. The molecular weight excluding hydrogens is 450 g/mol. The van der Waals surface area contributed by atoms with E-state index in [1.807, 2.05) is 18.2 Å². The van der Waals surface area contributed by atoms with E-state index in [2.05, 4.69) is 20.1 Å². The van der Waals surface area contributed by atoms with E-state index in [1.54, 1.807) is 6.07 Å². The average molecular weight is 474 g/mol. The molecule has 168 valence electrons. The molecule has 2 heterocycles. The summed E-state index contributed by atoms with van der Waals surface area (Å²) in [6.45, 7) is 0.836. The van der Waals surface area contributed by atoms with Crippen LogP contribution in [-0.4, -0.2) is 47.5 Å². The number of amides is 1. The number of fused-ring (bicyclic) bond motifs is 1. The maximum absolute atomic E-state index is 13.0. The third-order valence-corrected chi connectivity index (χ3v) is 7.77. The van der Waals surface area contributed by atoms with E-state index in [9.17, 15) is 13.2 Å². The SMILES string of the molecule is CN(C)S(=O)(=O)c1cc(C(=O)Nc2ccccc2-c2nnc3n2CCCCC3)ccc1Cl. The highest BCUT2D eigenvalue weighted by molar-refractivity contribution is 7.89. The van der Waals surface area contributed by atoms with Gasteiger partial charge in [-0.25, -0.2) is 12.7 Å². The summed E-state index contributed by atoms with van der Waals surface area (Å²) in [4.78, 5) is 12.9. The van der Waals surface area contributed by atoms with Crippen LogP contribution in [0.25, 0.3) is 11.4 Å². The molecule has 0 saturated heterocycles. The molecule has 0 atom stereocenters. The molecule has 0 unspecified atom stereocenters. The number of nitrogens with zero attached hydrogens (tertiary/aromatic N) is 4. The zero-order chi connectivity index (χ0) is 22.9. The lowest BCUT2D eigenvalue weighted by Gasteiger charge is -2.15. The number of para-hydroxylation sites is 1. The van der Waals surface area contributed by atoms with E-state index in [1.165, 1.54) is 32.3 Å². The predicted molar refractivity (Wildman–Crippen MR) is 123 cm³/mol. The molecule has 2 aromatic carbocycles. The Balaban J connectivity index is 1.68. The van der Waals surface area contributed by atoms with E-state index in [0.717, 1.165) is 47.9 Å². The van der Waals surface area contributed by atoms with Crippen molar-refractivity contribution >= 4 is 33.2 Å². The summed E-state index contributed by atoms with van der Waals surface area (Å²) in [7, 11) is -0.968. The number of benzene rings is 2. The van der Waals surface area contributed by atoms with Gasteiger partial charge in [0.2, 0.25) is 10.0 Å². The van der Waals surface area contributed by atoms with Gasteiger partial charge in [0, 0.05) is 38.2 Å². The van der Waals surface area contributed by atoms with Gasteiger partial charge in [-0.1, -0.05) is 30.2 Å². The summed E-state index contributed by atoms with van der Waals surface area (Å²) < 4.78 is 28.3. The van der Waals surface area contributed by atoms with Crippen LogP contribution in [0, 0.1) is 0 Å². The smallest absolute Gasteiger partial charge is 0.255 e. The molecule has 1 aliphatic rings. The predicted octanol–water partition coefficient (Wildman–Crippen LogP) is 3.83. The Morgan fingerprint density at radius 1 is 1.09 bits per heavy atom. The van der Waals surface area contributed by atoms with Gasteiger partial charge in [0.1, 0.15) is 10.7 Å². The van der Waals surface area contributed by atoms with Crippen molar-refractivity contribution in [3.8, 4) is 11.4 Å². The van der Waals surface area contributed by atoms with Gasteiger partial charge in [0.05, 0.1) is 10.7 Å².